The van der Waals surface area contributed by atoms with E-state index in [0.717, 1.165) is 27.9 Å². The highest BCUT2D eigenvalue weighted by Gasteiger charge is 2.21. The van der Waals surface area contributed by atoms with Crippen LogP contribution < -0.4 is 4.74 Å². The highest BCUT2D eigenvalue weighted by atomic mass is 32.2. The van der Waals surface area contributed by atoms with Gasteiger partial charge in [-0.15, -0.1) is 20.4 Å². The van der Waals surface area contributed by atoms with Crippen LogP contribution in [0.4, 0.5) is 0 Å². The van der Waals surface area contributed by atoms with Crippen molar-refractivity contribution in [3.05, 3.63) is 54.7 Å². The molecule has 1 aromatic carbocycles. The summed E-state index contributed by atoms with van der Waals surface area (Å²) in [6, 6.07) is 11.3. The second-order valence-electron chi connectivity index (χ2n) is 6.62. The Hall–Kier alpha value is -3.24. The van der Waals surface area contributed by atoms with E-state index < -0.39 is 0 Å². The largest absolute Gasteiger partial charge is 0.497 e. The lowest BCUT2D eigenvalue weighted by Crippen LogP contribution is -2.08. The van der Waals surface area contributed by atoms with Crippen molar-refractivity contribution in [2.75, 3.05) is 20.8 Å². The van der Waals surface area contributed by atoms with Gasteiger partial charge in [-0.1, -0.05) is 11.8 Å². The zero-order valence-corrected chi connectivity index (χ0v) is 18.2. The maximum Gasteiger partial charge on any atom is 0.247 e. The molecule has 0 radical (unpaired) electrons. The van der Waals surface area contributed by atoms with Gasteiger partial charge in [-0.2, -0.15) is 0 Å². The monoisotopic (exact) mass is 438 g/mol. The van der Waals surface area contributed by atoms with Crippen molar-refractivity contribution in [2.45, 2.75) is 23.9 Å². The number of ether oxygens (including phenoxy) is 2. The Bertz CT molecular complexity index is 1110. The molecule has 4 rings (SSSR count). The number of hydrogen-bond donors (Lipinski definition) is 0. The fourth-order valence-corrected chi connectivity index (χ4v) is 3.84. The molecule has 0 saturated carbocycles. The Morgan fingerprint density at radius 3 is 2.45 bits per heavy atom. The third-order valence-electron chi connectivity index (χ3n) is 4.58. The van der Waals surface area contributed by atoms with E-state index >= 15 is 0 Å². The highest BCUT2D eigenvalue weighted by molar-refractivity contribution is 7.99. The van der Waals surface area contributed by atoms with Gasteiger partial charge in [0.25, 0.3) is 0 Å². The molecular weight excluding hydrogens is 416 g/mol. The minimum absolute atomic E-state index is 0.115. The molecule has 0 aliphatic rings. The number of thioether (sulfide) groups is 1. The predicted octanol–water partition coefficient (Wildman–Crippen LogP) is 3.90. The molecule has 0 aliphatic carbocycles. The maximum absolute atomic E-state index is 5.92. The van der Waals surface area contributed by atoms with E-state index in [1.807, 2.05) is 47.9 Å². The molecule has 160 valence electrons. The first-order valence-corrected chi connectivity index (χ1v) is 10.5. The van der Waals surface area contributed by atoms with Crippen molar-refractivity contribution < 1.29 is 13.9 Å². The topological polar surface area (TPSA) is 101 Å². The molecule has 0 aliphatic heterocycles. The van der Waals surface area contributed by atoms with Gasteiger partial charge in [0, 0.05) is 30.6 Å². The minimum Gasteiger partial charge on any atom is -0.497 e. The van der Waals surface area contributed by atoms with E-state index in [4.69, 9.17) is 13.9 Å². The van der Waals surface area contributed by atoms with Crippen LogP contribution in [0.2, 0.25) is 0 Å². The molecular formula is C21H22N6O3S. The summed E-state index contributed by atoms with van der Waals surface area (Å²) >= 11 is 1.51. The van der Waals surface area contributed by atoms with Gasteiger partial charge >= 0.3 is 0 Å². The summed E-state index contributed by atoms with van der Waals surface area (Å²) in [6.07, 6.45) is 3.47. The van der Waals surface area contributed by atoms with E-state index in [-0.39, 0.29) is 5.25 Å². The standard InChI is InChI=1S/C21H22N6O3S/c1-14(19-24-25-20(30-19)16-4-6-17(29-3)7-5-16)31-21-26-23-18(27(21)12-13-28-2)15-8-10-22-11-9-15/h4-11,14H,12-13H2,1-3H3. The maximum atomic E-state index is 5.92. The molecule has 31 heavy (non-hydrogen) atoms. The highest BCUT2D eigenvalue weighted by Crippen LogP contribution is 2.35. The molecule has 3 heterocycles. The molecule has 0 amide bonds. The van der Waals surface area contributed by atoms with Crippen molar-refractivity contribution in [2.24, 2.45) is 0 Å². The van der Waals surface area contributed by atoms with Crippen molar-refractivity contribution >= 4 is 11.8 Å². The lowest BCUT2D eigenvalue weighted by atomic mass is 10.2. The summed E-state index contributed by atoms with van der Waals surface area (Å²) in [5, 5.41) is 17.8. The SMILES string of the molecule is COCCn1c(SC(C)c2nnc(-c3ccc(OC)cc3)o2)nnc1-c1ccncc1. The predicted molar refractivity (Wildman–Crippen MR) is 116 cm³/mol. The smallest absolute Gasteiger partial charge is 0.247 e. The normalized spacial score (nSPS) is 12.1. The Morgan fingerprint density at radius 1 is 0.968 bits per heavy atom. The molecule has 0 fully saturated rings. The fraction of sp³-hybridized carbons (Fsp3) is 0.286. The van der Waals surface area contributed by atoms with E-state index in [2.05, 4.69) is 25.4 Å². The van der Waals surface area contributed by atoms with Crippen LogP contribution in [0.1, 0.15) is 18.1 Å². The van der Waals surface area contributed by atoms with Crippen molar-refractivity contribution in [3.63, 3.8) is 0 Å². The average Bonchev–Trinajstić information content (AvgIpc) is 3.46. The van der Waals surface area contributed by atoms with Crippen LogP contribution in [0, 0.1) is 0 Å². The number of pyridine rings is 1. The summed E-state index contributed by atoms with van der Waals surface area (Å²) in [4.78, 5) is 4.07. The van der Waals surface area contributed by atoms with Crippen LogP contribution >= 0.6 is 11.8 Å². The van der Waals surface area contributed by atoms with Crippen LogP contribution in [0.3, 0.4) is 0 Å². The van der Waals surface area contributed by atoms with Gasteiger partial charge in [-0.3, -0.25) is 9.55 Å². The zero-order chi connectivity index (χ0) is 21.6. The molecule has 9 nitrogen and oxygen atoms in total. The Balaban J connectivity index is 1.55. The second kappa shape index (κ2) is 9.71. The molecule has 0 spiro atoms. The van der Waals surface area contributed by atoms with Gasteiger partial charge < -0.3 is 13.9 Å². The fourth-order valence-electron chi connectivity index (χ4n) is 2.93. The lowest BCUT2D eigenvalue weighted by Gasteiger charge is -2.11. The third-order valence-corrected chi connectivity index (χ3v) is 5.65. The van der Waals surface area contributed by atoms with Crippen molar-refractivity contribution in [1.82, 2.24) is 29.9 Å². The number of hydrogen-bond acceptors (Lipinski definition) is 9. The van der Waals surface area contributed by atoms with Crippen LogP contribution in [0.25, 0.3) is 22.8 Å². The van der Waals surface area contributed by atoms with Crippen LogP contribution in [0.5, 0.6) is 5.75 Å². The summed E-state index contributed by atoms with van der Waals surface area (Å²) in [5.41, 5.74) is 1.78. The Labute approximate surface area is 183 Å². The van der Waals surface area contributed by atoms with E-state index in [9.17, 15) is 0 Å². The van der Waals surface area contributed by atoms with Crippen molar-refractivity contribution in [1.29, 1.82) is 0 Å². The van der Waals surface area contributed by atoms with Gasteiger partial charge in [-0.25, -0.2) is 0 Å². The molecule has 0 bridgehead atoms. The zero-order valence-electron chi connectivity index (χ0n) is 17.4. The number of methoxy groups -OCH3 is 2. The molecule has 10 heteroatoms. The molecule has 4 aromatic rings. The summed E-state index contributed by atoms with van der Waals surface area (Å²) in [6.45, 7) is 3.16. The summed E-state index contributed by atoms with van der Waals surface area (Å²) in [5.74, 6) is 2.51. The molecule has 3 aromatic heterocycles. The first-order valence-electron chi connectivity index (χ1n) is 9.66. The summed E-state index contributed by atoms with van der Waals surface area (Å²) in [7, 11) is 3.30. The molecule has 1 unspecified atom stereocenters. The average molecular weight is 439 g/mol. The van der Waals surface area contributed by atoms with Gasteiger partial charge in [0.2, 0.25) is 11.8 Å². The number of benzene rings is 1. The second-order valence-corrected chi connectivity index (χ2v) is 7.93. The van der Waals surface area contributed by atoms with Crippen LogP contribution in [-0.4, -0.2) is 50.8 Å². The third kappa shape index (κ3) is 4.75. The van der Waals surface area contributed by atoms with E-state index in [0.29, 0.717) is 24.9 Å². The number of rotatable bonds is 9. The lowest BCUT2D eigenvalue weighted by molar-refractivity contribution is 0.185. The van der Waals surface area contributed by atoms with Gasteiger partial charge in [0.15, 0.2) is 11.0 Å². The first kappa shape index (κ1) is 21.0. The summed E-state index contributed by atoms with van der Waals surface area (Å²) < 4.78 is 18.4. The number of nitrogens with zero attached hydrogens (tertiary/aromatic N) is 6. The van der Waals surface area contributed by atoms with Gasteiger partial charge in [-0.05, 0) is 43.3 Å². The quantitative estimate of drug-likeness (QED) is 0.360. The Kier molecular flexibility index (Phi) is 6.58. The van der Waals surface area contributed by atoms with Crippen LogP contribution in [0.15, 0.2) is 58.4 Å². The molecule has 0 N–H and O–H groups in total. The van der Waals surface area contributed by atoms with Crippen LogP contribution in [-0.2, 0) is 11.3 Å². The minimum atomic E-state index is -0.115. The van der Waals surface area contributed by atoms with Crippen molar-refractivity contribution in [3.8, 4) is 28.6 Å². The van der Waals surface area contributed by atoms with Gasteiger partial charge in [0.1, 0.15) is 5.75 Å². The first-order chi connectivity index (χ1) is 15.2. The van der Waals surface area contributed by atoms with Gasteiger partial charge in [0.05, 0.1) is 25.5 Å². The van der Waals surface area contributed by atoms with E-state index in [1.54, 1.807) is 26.6 Å². The van der Waals surface area contributed by atoms with E-state index in [1.165, 1.54) is 11.8 Å². The molecule has 1 atom stereocenters. The molecule has 0 saturated heterocycles. The Morgan fingerprint density at radius 2 is 1.74 bits per heavy atom. The number of aromatic nitrogens is 6.